The zero-order valence-electron chi connectivity index (χ0n) is 40.3. The Labute approximate surface area is 410 Å². The van der Waals surface area contributed by atoms with Crippen molar-refractivity contribution in [2.24, 2.45) is 25.0 Å². The fourth-order valence-electron chi connectivity index (χ4n) is 8.29. The van der Waals surface area contributed by atoms with Crippen molar-refractivity contribution in [3.8, 4) is 22.6 Å². The number of aliphatic imine (C=N–C) groups is 1. The minimum absolute atomic E-state index is 0.0265. The van der Waals surface area contributed by atoms with Crippen molar-refractivity contribution in [2.75, 3.05) is 41.5 Å². The topological polar surface area (TPSA) is 256 Å². The highest BCUT2D eigenvalue weighted by molar-refractivity contribution is 6.06. The number of hydrogen-bond donors (Lipinski definition) is 7. The Kier molecular flexibility index (Phi) is 15.9. The smallest absolute Gasteiger partial charge is 0.405 e. The van der Waals surface area contributed by atoms with Gasteiger partial charge in [0, 0.05) is 74.4 Å². The number of methoxy groups -OCH3 is 1. The molecule has 3 atom stereocenters. The predicted octanol–water partition coefficient (Wildman–Crippen LogP) is 6.79. The molecule has 4 heterocycles. The zero-order valence-corrected chi connectivity index (χ0v) is 40.3. The van der Waals surface area contributed by atoms with E-state index >= 15 is 0 Å². The average Bonchev–Trinajstić information content (AvgIpc) is 3.88. The predicted molar refractivity (Wildman–Crippen MR) is 268 cm³/mol. The summed E-state index contributed by atoms with van der Waals surface area (Å²) in [4.78, 5) is 95.8. The largest absolute Gasteiger partial charge is 0.493 e. The molecule has 7 amide bonds. The van der Waals surface area contributed by atoms with Crippen LogP contribution in [-0.2, 0) is 28.5 Å². The van der Waals surface area contributed by atoms with E-state index in [0.29, 0.717) is 69.9 Å². The summed E-state index contributed by atoms with van der Waals surface area (Å²) in [5, 5.41) is 25.0. The third kappa shape index (κ3) is 12.4. The molecular formula is C51H58N10O10. The SMILES string of the molecule is COc1cc2c(cc1OCCCC(=O)Nc1cc(C(=O)Nc3ccc(-c4cc(C(=O)Nc5ccc(NC(=O)C(C)NC(=O)C(NC(=O)O)C(C)C)cc5)n(C)c4)cc3)n(C)c1)N=C[C@@H]1CCCCN1C2=O. The number of anilines is 4. The highest BCUT2D eigenvalue weighted by Gasteiger charge is 2.32. The Hall–Kier alpha value is -8.42. The summed E-state index contributed by atoms with van der Waals surface area (Å²) in [5.74, 6) is -1.72. The van der Waals surface area contributed by atoms with Gasteiger partial charge in [-0.1, -0.05) is 26.0 Å². The van der Waals surface area contributed by atoms with Crippen molar-refractivity contribution in [3.05, 3.63) is 102 Å². The zero-order chi connectivity index (χ0) is 50.9. The van der Waals surface area contributed by atoms with Gasteiger partial charge in [0.1, 0.15) is 23.5 Å². The molecule has 2 aliphatic heterocycles. The molecule has 1 fully saturated rings. The number of aromatic nitrogens is 2. The van der Waals surface area contributed by atoms with Crippen LogP contribution in [0.2, 0.25) is 0 Å². The molecule has 3 aromatic carbocycles. The second-order valence-electron chi connectivity index (χ2n) is 17.8. The van der Waals surface area contributed by atoms with Crippen molar-refractivity contribution in [1.29, 1.82) is 0 Å². The van der Waals surface area contributed by atoms with Crippen molar-refractivity contribution in [3.63, 3.8) is 0 Å². The first-order valence-electron chi connectivity index (χ1n) is 23.2. The van der Waals surface area contributed by atoms with Crippen molar-refractivity contribution in [1.82, 2.24) is 24.7 Å². The van der Waals surface area contributed by atoms with Gasteiger partial charge in [0.25, 0.3) is 17.7 Å². The number of amides is 7. The van der Waals surface area contributed by atoms with E-state index in [0.717, 1.165) is 30.4 Å². The van der Waals surface area contributed by atoms with Gasteiger partial charge in [0.15, 0.2) is 11.5 Å². The molecule has 1 saturated heterocycles. The molecule has 0 aliphatic carbocycles. The summed E-state index contributed by atoms with van der Waals surface area (Å²) in [6.07, 6.45) is 7.38. The summed E-state index contributed by atoms with van der Waals surface area (Å²) in [7, 11) is 4.97. The first-order chi connectivity index (χ1) is 34.0. The number of carboxylic acid groups (broad SMARTS) is 1. The van der Waals surface area contributed by atoms with Crippen LogP contribution >= 0.6 is 0 Å². The van der Waals surface area contributed by atoms with Crippen LogP contribution in [0.4, 0.5) is 33.2 Å². The summed E-state index contributed by atoms with van der Waals surface area (Å²) in [6.45, 7) is 5.75. The quantitative estimate of drug-likeness (QED) is 0.0453. The van der Waals surface area contributed by atoms with E-state index in [2.05, 4.69) is 36.9 Å². The number of nitrogens with zero attached hydrogens (tertiary/aromatic N) is 4. The molecule has 71 heavy (non-hydrogen) atoms. The fourth-order valence-corrected chi connectivity index (χ4v) is 8.29. The van der Waals surface area contributed by atoms with Crippen LogP contribution in [0.25, 0.3) is 11.1 Å². The molecule has 2 aliphatic rings. The fraction of sp³-hybridized carbons (Fsp3) is 0.333. The van der Waals surface area contributed by atoms with E-state index in [1.165, 1.54) is 14.0 Å². The van der Waals surface area contributed by atoms with Crippen LogP contribution in [0.5, 0.6) is 11.5 Å². The van der Waals surface area contributed by atoms with Crippen molar-refractivity contribution in [2.45, 2.75) is 71.0 Å². The third-order valence-corrected chi connectivity index (χ3v) is 12.1. The van der Waals surface area contributed by atoms with Gasteiger partial charge < -0.3 is 60.5 Å². The van der Waals surface area contributed by atoms with E-state index in [9.17, 15) is 33.6 Å². The minimum atomic E-state index is -1.35. The number of fused-ring (bicyclic) bond motifs is 2. The third-order valence-electron chi connectivity index (χ3n) is 12.1. The average molecular weight is 971 g/mol. The molecule has 7 N–H and O–H groups in total. The first-order valence-corrected chi connectivity index (χ1v) is 23.2. The summed E-state index contributed by atoms with van der Waals surface area (Å²) >= 11 is 0. The van der Waals surface area contributed by atoms with Crippen LogP contribution in [0.3, 0.4) is 0 Å². The molecule has 0 bridgehead atoms. The maximum absolute atomic E-state index is 13.3. The maximum Gasteiger partial charge on any atom is 0.405 e. The molecule has 2 unspecified atom stereocenters. The molecule has 5 aromatic rings. The highest BCUT2D eigenvalue weighted by atomic mass is 16.5. The number of ether oxygens (including phenoxy) is 2. The lowest BCUT2D eigenvalue weighted by Gasteiger charge is -2.32. The number of piperidine rings is 1. The number of carbonyl (C=O) groups is 7. The number of hydrogen-bond acceptors (Lipinski definition) is 10. The molecule has 7 rings (SSSR count). The van der Waals surface area contributed by atoms with Crippen LogP contribution in [0.1, 0.15) is 84.2 Å². The number of aryl methyl sites for hydroxylation is 2. The van der Waals surface area contributed by atoms with Crippen molar-refractivity contribution < 1.29 is 48.1 Å². The Bertz CT molecular complexity index is 2850. The molecule has 0 saturated carbocycles. The lowest BCUT2D eigenvalue weighted by molar-refractivity contribution is -0.128. The van der Waals surface area contributed by atoms with E-state index in [1.54, 1.807) is 104 Å². The van der Waals surface area contributed by atoms with E-state index in [1.807, 2.05) is 29.4 Å². The molecule has 20 heteroatoms. The van der Waals surface area contributed by atoms with Gasteiger partial charge in [-0.05, 0) is 98.7 Å². The lowest BCUT2D eigenvalue weighted by atomic mass is 10.0. The summed E-state index contributed by atoms with van der Waals surface area (Å²) in [5.41, 5.74) is 5.13. The second kappa shape index (κ2) is 22.3. The monoisotopic (exact) mass is 970 g/mol. The lowest BCUT2D eigenvalue weighted by Crippen LogP contribution is -2.53. The van der Waals surface area contributed by atoms with Gasteiger partial charge in [-0.2, -0.15) is 0 Å². The summed E-state index contributed by atoms with van der Waals surface area (Å²) < 4.78 is 14.9. The standard InChI is InChI=1S/C51H58N10O10/c1-29(2)45(58-51(68)69)49(66)53-30(3)46(63)55-34-16-18-35(19-17-34)57-47(64)40-22-32(27-59(40)4)31-12-14-33(15-13-31)56-48(65)41-23-36(28-60(41)5)54-44(62)11-9-21-71-43-25-39-38(24-42(43)70-6)50(67)61-20-8-7-10-37(61)26-52-39/h12-19,22-30,37,45,58H,7-11,20-21H2,1-6H3,(H,53,66)(H,54,62)(H,55,63)(H,56,65)(H,57,64)(H,68,69)/t30?,37-,45?/m0/s1. The Morgan fingerprint density at radius 3 is 2.01 bits per heavy atom. The molecule has 0 radical (unpaired) electrons. The van der Waals surface area contributed by atoms with Crippen LogP contribution in [0, 0.1) is 5.92 Å². The van der Waals surface area contributed by atoms with E-state index in [-0.39, 0.29) is 48.6 Å². The van der Waals surface area contributed by atoms with Gasteiger partial charge in [0.2, 0.25) is 17.7 Å². The Morgan fingerprint density at radius 2 is 1.37 bits per heavy atom. The number of nitrogens with one attached hydrogen (secondary N) is 6. The Balaban J connectivity index is 0.863. The summed E-state index contributed by atoms with van der Waals surface area (Å²) in [6, 6.07) is 18.3. The van der Waals surface area contributed by atoms with Crippen LogP contribution in [0.15, 0.2) is 90.2 Å². The van der Waals surface area contributed by atoms with Gasteiger partial charge >= 0.3 is 6.09 Å². The highest BCUT2D eigenvalue weighted by Crippen LogP contribution is 2.38. The first kappa shape index (κ1) is 50.5. The number of benzene rings is 3. The molecule has 2 aromatic heterocycles. The molecular weight excluding hydrogens is 913 g/mol. The molecule has 20 nitrogen and oxygen atoms in total. The minimum Gasteiger partial charge on any atom is -0.493 e. The molecule has 372 valence electrons. The van der Waals surface area contributed by atoms with E-state index in [4.69, 9.17) is 14.6 Å². The van der Waals surface area contributed by atoms with Gasteiger partial charge in [-0.15, -0.1) is 0 Å². The maximum atomic E-state index is 13.3. The molecule has 0 spiro atoms. The number of rotatable bonds is 18. The Morgan fingerprint density at radius 1 is 0.732 bits per heavy atom. The number of carbonyl (C=O) groups excluding carboxylic acids is 6. The van der Waals surface area contributed by atoms with Gasteiger partial charge in [-0.3, -0.25) is 33.8 Å². The normalized spacial score (nSPS) is 14.8. The van der Waals surface area contributed by atoms with Crippen LogP contribution < -0.4 is 41.4 Å². The van der Waals surface area contributed by atoms with Gasteiger partial charge in [-0.25, -0.2) is 4.79 Å². The van der Waals surface area contributed by atoms with E-state index < -0.39 is 30.0 Å². The second-order valence-corrected chi connectivity index (χ2v) is 17.8. The van der Waals surface area contributed by atoms with Gasteiger partial charge in [0.05, 0.1) is 36.7 Å². The van der Waals surface area contributed by atoms with Crippen molar-refractivity contribution >= 4 is 76.2 Å². The van der Waals surface area contributed by atoms with Crippen LogP contribution in [-0.4, -0.2) is 105 Å².